The number of thiophene rings is 1. The minimum atomic E-state index is 0.382. The first-order valence-electron chi connectivity index (χ1n) is 7.11. The Labute approximate surface area is 146 Å². The Balaban J connectivity index is 1.84. The van der Waals surface area contributed by atoms with Crippen LogP contribution in [0, 0.1) is 6.92 Å². The zero-order valence-electron chi connectivity index (χ0n) is 12.1. The van der Waals surface area contributed by atoms with E-state index in [4.69, 9.17) is 0 Å². The van der Waals surface area contributed by atoms with Gasteiger partial charge in [0.1, 0.15) is 0 Å². The molecule has 22 heavy (non-hydrogen) atoms. The Hall–Kier alpha value is -1.08. The van der Waals surface area contributed by atoms with E-state index in [0.29, 0.717) is 29.5 Å². The third-order valence-electron chi connectivity index (χ3n) is 3.55. The average molecular weight is 432 g/mol. The molecule has 2 heterocycles. The molecule has 0 unspecified atom stereocenters. The maximum atomic E-state index is 2.32. The summed E-state index contributed by atoms with van der Waals surface area (Å²) >= 11 is 2.77. The van der Waals surface area contributed by atoms with Crippen molar-refractivity contribution in [1.82, 2.24) is 0 Å². The number of fused-ring (bicyclic) bond motifs is 1. The number of aryl methyl sites for hydroxylation is 1. The number of hydrogen-bond donors (Lipinski definition) is 0. The SMILES string of the molecule is Cc1ccc([Se]c2c(-c3ccccc3)[se]c3sccc23)cc1. The summed E-state index contributed by atoms with van der Waals surface area (Å²) in [6, 6.07) is 22.3. The normalized spacial score (nSPS) is 11.1. The second kappa shape index (κ2) is 6.20. The van der Waals surface area contributed by atoms with Crippen LogP contribution in [0.2, 0.25) is 0 Å². The van der Waals surface area contributed by atoms with Crippen molar-refractivity contribution in [3.05, 3.63) is 71.6 Å². The molecular formula is C19H14SSe2. The fraction of sp³-hybridized carbons (Fsp3) is 0.0526. The van der Waals surface area contributed by atoms with Crippen LogP contribution in [0.15, 0.2) is 66.0 Å². The monoisotopic (exact) mass is 434 g/mol. The molecule has 2 aromatic heterocycles. The van der Waals surface area contributed by atoms with Crippen LogP contribution in [0.25, 0.3) is 19.0 Å². The molecule has 0 aliphatic carbocycles. The molecule has 0 aliphatic rings. The summed E-state index contributed by atoms with van der Waals surface area (Å²) < 4.78 is 6.25. The van der Waals surface area contributed by atoms with Gasteiger partial charge in [0.15, 0.2) is 0 Å². The minimum absolute atomic E-state index is 0.382. The van der Waals surface area contributed by atoms with Crippen molar-refractivity contribution in [2.75, 3.05) is 0 Å². The van der Waals surface area contributed by atoms with E-state index < -0.39 is 0 Å². The summed E-state index contributed by atoms with van der Waals surface area (Å²) in [6.45, 7) is 2.15. The van der Waals surface area contributed by atoms with Gasteiger partial charge < -0.3 is 0 Å². The molecule has 0 amide bonds. The number of rotatable bonds is 3. The third-order valence-corrected chi connectivity index (χ3v) is 10.5. The van der Waals surface area contributed by atoms with Gasteiger partial charge in [0.2, 0.25) is 0 Å². The van der Waals surface area contributed by atoms with Gasteiger partial charge in [-0.05, 0) is 0 Å². The molecule has 0 spiro atoms. The van der Waals surface area contributed by atoms with Gasteiger partial charge in [-0.15, -0.1) is 0 Å². The van der Waals surface area contributed by atoms with Crippen molar-refractivity contribution >= 4 is 58.7 Å². The molecule has 0 N–H and O–H groups in total. The molecule has 0 saturated heterocycles. The maximum absolute atomic E-state index is 2.32. The van der Waals surface area contributed by atoms with E-state index in [-0.39, 0.29) is 0 Å². The predicted octanol–water partition coefficient (Wildman–Crippen LogP) is 3.59. The van der Waals surface area contributed by atoms with Crippen LogP contribution in [0.3, 0.4) is 0 Å². The zero-order chi connectivity index (χ0) is 14.9. The van der Waals surface area contributed by atoms with E-state index in [0.717, 1.165) is 0 Å². The molecule has 0 saturated carbocycles. The number of hydrogen-bond acceptors (Lipinski definition) is 1. The van der Waals surface area contributed by atoms with Crippen molar-refractivity contribution in [2.24, 2.45) is 0 Å². The third kappa shape index (κ3) is 2.76. The van der Waals surface area contributed by atoms with Gasteiger partial charge in [-0.2, -0.15) is 0 Å². The van der Waals surface area contributed by atoms with Gasteiger partial charge in [0.05, 0.1) is 0 Å². The van der Waals surface area contributed by atoms with Crippen LogP contribution < -0.4 is 8.92 Å². The average Bonchev–Trinajstić information content (AvgIpc) is 3.13. The van der Waals surface area contributed by atoms with Crippen LogP contribution in [-0.2, 0) is 0 Å². The summed E-state index contributed by atoms with van der Waals surface area (Å²) in [5.74, 6) is 0. The van der Waals surface area contributed by atoms with Gasteiger partial charge in [0, 0.05) is 0 Å². The van der Waals surface area contributed by atoms with Crippen molar-refractivity contribution in [3.8, 4) is 10.0 Å². The Morgan fingerprint density at radius 3 is 2.45 bits per heavy atom. The van der Waals surface area contributed by atoms with Gasteiger partial charge in [-0.3, -0.25) is 0 Å². The van der Waals surface area contributed by atoms with Gasteiger partial charge in [0.25, 0.3) is 0 Å². The Bertz CT molecular complexity index is 902. The van der Waals surface area contributed by atoms with Gasteiger partial charge >= 0.3 is 147 Å². The van der Waals surface area contributed by atoms with E-state index in [2.05, 4.69) is 73.0 Å². The molecule has 2 aromatic carbocycles. The van der Waals surface area contributed by atoms with Crippen molar-refractivity contribution in [1.29, 1.82) is 0 Å². The Morgan fingerprint density at radius 1 is 0.909 bits per heavy atom. The van der Waals surface area contributed by atoms with Crippen LogP contribution in [-0.4, -0.2) is 29.5 Å². The molecule has 0 bridgehead atoms. The second-order valence-corrected chi connectivity index (χ2v) is 11.1. The van der Waals surface area contributed by atoms with Crippen LogP contribution in [0.5, 0.6) is 0 Å². The van der Waals surface area contributed by atoms with E-state index in [9.17, 15) is 0 Å². The predicted molar refractivity (Wildman–Crippen MR) is 100 cm³/mol. The molecule has 0 nitrogen and oxygen atoms in total. The summed E-state index contributed by atoms with van der Waals surface area (Å²) in [6.07, 6.45) is 0. The quantitative estimate of drug-likeness (QED) is 0.435. The van der Waals surface area contributed by atoms with Crippen LogP contribution >= 0.6 is 11.3 Å². The fourth-order valence-corrected chi connectivity index (χ4v) is 9.58. The first-order chi connectivity index (χ1) is 10.8. The molecule has 0 atom stereocenters. The summed E-state index contributed by atoms with van der Waals surface area (Å²) in [5, 5.41) is 3.77. The first-order valence-corrected chi connectivity index (χ1v) is 11.4. The Morgan fingerprint density at radius 2 is 1.68 bits per heavy atom. The van der Waals surface area contributed by atoms with Crippen LogP contribution in [0.1, 0.15) is 5.56 Å². The van der Waals surface area contributed by atoms with Gasteiger partial charge in [-0.25, -0.2) is 0 Å². The second-order valence-electron chi connectivity index (χ2n) is 5.16. The summed E-state index contributed by atoms with van der Waals surface area (Å²) in [7, 11) is 0. The molecule has 0 aliphatic heterocycles. The Kier molecular flexibility index (Phi) is 4.09. The molecule has 4 rings (SSSR count). The first kappa shape index (κ1) is 14.5. The summed E-state index contributed by atoms with van der Waals surface area (Å²) in [5.41, 5.74) is 2.75. The van der Waals surface area contributed by atoms with E-state index in [1.807, 2.05) is 11.3 Å². The van der Waals surface area contributed by atoms with Crippen LogP contribution in [0.4, 0.5) is 0 Å². The zero-order valence-corrected chi connectivity index (χ0v) is 16.3. The van der Waals surface area contributed by atoms with E-state index in [1.54, 1.807) is 12.5 Å². The molecule has 108 valence electrons. The topological polar surface area (TPSA) is 0 Å². The van der Waals surface area contributed by atoms with E-state index in [1.165, 1.54) is 21.0 Å². The van der Waals surface area contributed by atoms with Gasteiger partial charge in [-0.1, -0.05) is 0 Å². The molecule has 0 radical (unpaired) electrons. The van der Waals surface area contributed by atoms with Crippen molar-refractivity contribution in [2.45, 2.75) is 6.92 Å². The molecule has 3 heteroatoms. The van der Waals surface area contributed by atoms with Crippen molar-refractivity contribution < 1.29 is 0 Å². The van der Waals surface area contributed by atoms with Crippen molar-refractivity contribution in [3.63, 3.8) is 0 Å². The molecule has 0 fully saturated rings. The summed E-state index contributed by atoms with van der Waals surface area (Å²) in [4.78, 5) is 0. The molecule has 4 aromatic rings. The number of benzene rings is 2. The standard InChI is InChI=1S/C19H14SSe2/c1-13-7-9-15(10-8-13)21-18-16-11-12-20-19(16)22-17(18)14-5-3-2-4-6-14/h2-12H,1H3. The van der Waals surface area contributed by atoms with E-state index >= 15 is 0 Å². The fourth-order valence-electron chi connectivity index (χ4n) is 2.41. The molecular weight excluding hydrogens is 418 g/mol.